The van der Waals surface area contributed by atoms with E-state index in [2.05, 4.69) is 27.3 Å². The smallest absolute Gasteiger partial charge is 0.163 e. The summed E-state index contributed by atoms with van der Waals surface area (Å²) in [7, 11) is 0. The third kappa shape index (κ3) is 2.39. The normalized spacial score (nSPS) is 20.0. The van der Waals surface area contributed by atoms with Gasteiger partial charge < -0.3 is 19.2 Å². The van der Waals surface area contributed by atoms with Gasteiger partial charge in [-0.05, 0) is 34.8 Å². The zero-order valence-corrected chi connectivity index (χ0v) is 13.1. The molecule has 2 aliphatic rings. The highest BCUT2D eigenvalue weighted by Gasteiger charge is 2.24. The van der Waals surface area contributed by atoms with E-state index < -0.39 is 0 Å². The summed E-state index contributed by atoms with van der Waals surface area (Å²) in [6, 6.07) is 6.33. The van der Waals surface area contributed by atoms with Gasteiger partial charge in [-0.15, -0.1) is 0 Å². The van der Waals surface area contributed by atoms with E-state index in [4.69, 9.17) is 13.9 Å². The quantitative estimate of drug-likeness (QED) is 0.877. The molecule has 1 aliphatic carbocycles. The van der Waals surface area contributed by atoms with Crippen LogP contribution in [0, 0.1) is 0 Å². The van der Waals surface area contributed by atoms with Crippen molar-refractivity contribution < 1.29 is 13.9 Å². The van der Waals surface area contributed by atoms with Gasteiger partial charge in [0.15, 0.2) is 11.5 Å². The van der Waals surface area contributed by atoms with Crippen molar-refractivity contribution in [2.75, 3.05) is 18.5 Å². The Labute approximate surface area is 131 Å². The Bertz CT molecular complexity index is 668. The molecular formula is C16H16BrNO3. The molecule has 110 valence electrons. The molecule has 0 amide bonds. The number of ether oxygens (including phenoxy) is 2. The molecule has 2 aromatic rings. The van der Waals surface area contributed by atoms with Crippen LogP contribution in [0.3, 0.4) is 0 Å². The molecule has 1 aromatic carbocycles. The van der Waals surface area contributed by atoms with E-state index >= 15 is 0 Å². The minimum Gasteiger partial charge on any atom is -0.486 e. The Kier molecular flexibility index (Phi) is 3.30. The summed E-state index contributed by atoms with van der Waals surface area (Å²) in [6.07, 6.45) is 5.06. The third-order valence-corrected chi connectivity index (χ3v) is 4.67. The van der Waals surface area contributed by atoms with Gasteiger partial charge in [0.1, 0.15) is 19.0 Å². The first kappa shape index (κ1) is 13.1. The highest BCUT2D eigenvalue weighted by Crippen LogP contribution is 2.41. The van der Waals surface area contributed by atoms with Gasteiger partial charge >= 0.3 is 0 Å². The largest absolute Gasteiger partial charge is 0.486 e. The molecule has 1 N–H and O–H groups in total. The first-order valence-corrected chi connectivity index (χ1v) is 8.02. The van der Waals surface area contributed by atoms with Crippen molar-refractivity contribution in [3.8, 4) is 11.5 Å². The molecule has 4 nitrogen and oxygen atoms in total. The highest BCUT2D eigenvalue weighted by atomic mass is 79.9. The second-order valence-corrected chi connectivity index (χ2v) is 6.22. The van der Waals surface area contributed by atoms with Crippen molar-refractivity contribution in [1.29, 1.82) is 0 Å². The van der Waals surface area contributed by atoms with Crippen LogP contribution < -0.4 is 14.8 Å². The lowest BCUT2D eigenvalue weighted by Crippen LogP contribution is -2.18. The fourth-order valence-corrected chi connectivity index (χ4v) is 3.44. The summed E-state index contributed by atoms with van der Waals surface area (Å²) in [5.41, 5.74) is 2.29. The van der Waals surface area contributed by atoms with Crippen LogP contribution in [0.2, 0.25) is 0 Å². The molecule has 0 saturated carbocycles. The number of furan rings is 1. The van der Waals surface area contributed by atoms with Gasteiger partial charge in [-0.2, -0.15) is 0 Å². The van der Waals surface area contributed by atoms with Gasteiger partial charge in [0, 0.05) is 28.6 Å². The van der Waals surface area contributed by atoms with E-state index in [9.17, 15) is 0 Å². The van der Waals surface area contributed by atoms with E-state index in [0.717, 1.165) is 46.7 Å². The molecule has 21 heavy (non-hydrogen) atoms. The number of fused-ring (bicyclic) bond motifs is 2. The lowest BCUT2D eigenvalue weighted by atomic mass is 9.93. The van der Waals surface area contributed by atoms with Crippen LogP contribution in [0.5, 0.6) is 11.5 Å². The number of nitrogens with one attached hydrogen (secondary N) is 1. The van der Waals surface area contributed by atoms with Crippen molar-refractivity contribution >= 4 is 21.6 Å². The molecule has 0 radical (unpaired) electrons. The van der Waals surface area contributed by atoms with Gasteiger partial charge in [0.25, 0.3) is 0 Å². The first-order chi connectivity index (χ1) is 10.3. The lowest BCUT2D eigenvalue weighted by Gasteiger charge is -2.26. The number of anilines is 1. The predicted molar refractivity (Wildman–Crippen MR) is 83.1 cm³/mol. The van der Waals surface area contributed by atoms with Crippen molar-refractivity contribution in [1.82, 2.24) is 0 Å². The molecule has 0 bridgehead atoms. The van der Waals surface area contributed by atoms with Crippen molar-refractivity contribution in [3.63, 3.8) is 0 Å². The van der Waals surface area contributed by atoms with Gasteiger partial charge in [-0.3, -0.25) is 0 Å². The van der Waals surface area contributed by atoms with E-state index in [0.29, 0.717) is 13.2 Å². The zero-order chi connectivity index (χ0) is 14.2. The van der Waals surface area contributed by atoms with Crippen LogP contribution in [0.1, 0.15) is 30.2 Å². The fraction of sp³-hybridized carbons (Fsp3) is 0.375. The Hall–Kier alpha value is -1.62. The van der Waals surface area contributed by atoms with E-state index in [1.807, 2.05) is 12.1 Å². The number of aryl methyl sites for hydroxylation is 1. The van der Waals surface area contributed by atoms with Gasteiger partial charge in [-0.1, -0.05) is 0 Å². The van der Waals surface area contributed by atoms with Crippen LogP contribution in [-0.4, -0.2) is 13.2 Å². The maximum absolute atomic E-state index is 5.66. The average Bonchev–Trinajstić information content (AvgIpc) is 2.97. The summed E-state index contributed by atoms with van der Waals surface area (Å²) in [6.45, 7) is 1.20. The maximum atomic E-state index is 5.66. The highest BCUT2D eigenvalue weighted by molar-refractivity contribution is 9.10. The van der Waals surface area contributed by atoms with Crippen molar-refractivity contribution in [2.24, 2.45) is 0 Å². The second-order valence-electron chi connectivity index (χ2n) is 5.36. The van der Waals surface area contributed by atoms with E-state index in [-0.39, 0.29) is 6.04 Å². The molecule has 1 aromatic heterocycles. The number of hydrogen-bond acceptors (Lipinski definition) is 4. The lowest BCUT2D eigenvalue weighted by molar-refractivity contribution is 0.171. The van der Waals surface area contributed by atoms with Crippen LogP contribution in [0.25, 0.3) is 0 Å². The standard InChI is InChI=1S/C16H16BrNO3/c17-11-8-15-16(21-7-6-20-15)9-13(11)18-12-2-1-3-14-10(12)4-5-19-14/h4-5,8-9,12,18H,1-3,6-7H2. The molecule has 0 fully saturated rings. The molecule has 1 atom stereocenters. The molecule has 0 spiro atoms. The molecule has 4 rings (SSSR count). The van der Waals surface area contributed by atoms with Crippen LogP contribution in [-0.2, 0) is 6.42 Å². The topological polar surface area (TPSA) is 43.6 Å². The van der Waals surface area contributed by atoms with Crippen LogP contribution in [0.4, 0.5) is 5.69 Å². The van der Waals surface area contributed by atoms with E-state index in [1.54, 1.807) is 6.26 Å². The molecule has 1 aliphatic heterocycles. The Balaban J connectivity index is 1.63. The summed E-state index contributed by atoms with van der Waals surface area (Å²) in [5, 5.41) is 3.60. The number of benzene rings is 1. The second kappa shape index (κ2) is 5.30. The van der Waals surface area contributed by atoms with Gasteiger partial charge in [0.2, 0.25) is 0 Å². The number of rotatable bonds is 2. The van der Waals surface area contributed by atoms with Gasteiger partial charge in [-0.25, -0.2) is 0 Å². The Morgan fingerprint density at radius 2 is 1.95 bits per heavy atom. The Morgan fingerprint density at radius 3 is 2.81 bits per heavy atom. The SMILES string of the molecule is Brc1cc2c(cc1NC1CCCc3occc31)OCCO2. The summed E-state index contributed by atoms with van der Waals surface area (Å²) in [4.78, 5) is 0. The zero-order valence-electron chi connectivity index (χ0n) is 11.5. The average molecular weight is 350 g/mol. The minimum absolute atomic E-state index is 0.284. The van der Waals surface area contributed by atoms with Crippen molar-refractivity contribution in [3.05, 3.63) is 40.3 Å². The Morgan fingerprint density at radius 1 is 1.14 bits per heavy atom. The number of halogens is 1. The predicted octanol–water partition coefficient (Wildman–Crippen LogP) is 4.30. The monoisotopic (exact) mass is 349 g/mol. The van der Waals surface area contributed by atoms with Crippen molar-refractivity contribution in [2.45, 2.75) is 25.3 Å². The molecule has 5 heteroatoms. The summed E-state index contributed by atoms with van der Waals surface area (Å²) >= 11 is 3.61. The first-order valence-electron chi connectivity index (χ1n) is 7.23. The van der Waals surface area contributed by atoms with E-state index in [1.165, 1.54) is 5.56 Å². The maximum Gasteiger partial charge on any atom is 0.163 e. The molecule has 0 saturated heterocycles. The van der Waals surface area contributed by atoms with Gasteiger partial charge in [0.05, 0.1) is 18.0 Å². The summed E-state index contributed by atoms with van der Waals surface area (Å²) in [5.74, 6) is 2.70. The van der Waals surface area contributed by atoms with Crippen LogP contribution in [0.15, 0.2) is 33.4 Å². The molecular weight excluding hydrogens is 334 g/mol. The molecule has 2 heterocycles. The number of hydrogen-bond donors (Lipinski definition) is 1. The third-order valence-electron chi connectivity index (χ3n) is 4.01. The summed E-state index contributed by atoms with van der Waals surface area (Å²) < 4.78 is 17.8. The minimum atomic E-state index is 0.284. The van der Waals surface area contributed by atoms with Crippen LogP contribution >= 0.6 is 15.9 Å². The molecule has 1 unspecified atom stereocenters. The fourth-order valence-electron chi connectivity index (χ4n) is 3.00.